The van der Waals surface area contributed by atoms with Gasteiger partial charge in [0.05, 0.1) is 17.9 Å². The predicted octanol–water partition coefficient (Wildman–Crippen LogP) is 2.12. The molecule has 0 aliphatic rings. The van der Waals surface area contributed by atoms with E-state index in [0.29, 0.717) is 10.6 Å². The van der Waals surface area contributed by atoms with Gasteiger partial charge in [0.2, 0.25) is 0 Å². The maximum Gasteiger partial charge on any atom is 0.136 e. The molecule has 1 heterocycles. The van der Waals surface area contributed by atoms with E-state index >= 15 is 0 Å². The van der Waals surface area contributed by atoms with Gasteiger partial charge in [-0.3, -0.25) is 11.3 Å². The monoisotopic (exact) mass is 295 g/mol. The van der Waals surface area contributed by atoms with Crippen LogP contribution in [-0.2, 0) is 6.54 Å². The molecule has 108 valence electrons. The van der Waals surface area contributed by atoms with Crippen LogP contribution < -0.4 is 11.3 Å². The molecular formula is C13H18FN5S. The summed E-state index contributed by atoms with van der Waals surface area (Å²) in [6.07, 6.45) is 2.66. The van der Waals surface area contributed by atoms with Gasteiger partial charge in [-0.05, 0) is 18.6 Å². The fraction of sp³-hybridized carbons (Fsp3) is 0.385. The lowest BCUT2D eigenvalue weighted by atomic mass is 10.2. The first-order chi connectivity index (χ1) is 9.76. The molecule has 1 aromatic heterocycles. The van der Waals surface area contributed by atoms with Crippen LogP contribution in [0.3, 0.4) is 0 Å². The number of nitrogens with two attached hydrogens (primary N) is 1. The summed E-state index contributed by atoms with van der Waals surface area (Å²) >= 11 is 1.42. The van der Waals surface area contributed by atoms with E-state index in [-0.39, 0.29) is 11.9 Å². The summed E-state index contributed by atoms with van der Waals surface area (Å²) in [7, 11) is 0. The number of nitrogens with one attached hydrogen (secondary N) is 1. The molecule has 0 saturated heterocycles. The van der Waals surface area contributed by atoms with Gasteiger partial charge in [0, 0.05) is 17.2 Å². The molecule has 2 aromatic rings. The molecule has 0 saturated carbocycles. The van der Waals surface area contributed by atoms with E-state index in [1.165, 1.54) is 17.8 Å². The van der Waals surface area contributed by atoms with Gasteiger partial charge in [-0.1, -0.05) is 24.3 Å². The summed E-state index contributed by atoms with van der Waals surface area (Å²) in [5, 5.41) is 7.95. The van der Waals surface area contributed by atoms with Crippen molar-refractivity contribution in [3.63, 3.8) is 0 Å². The van der Waals surface area contributed by atoms with Crippen molar-refractivity contribution in [2.75, 3.05) is 5.75 Å². The van der Waals surface area contributed by atoms with Gasteiger partial charge in [0.1, 0.15) is 5.82 Å². The Balaban J connectivity index is 2.06. The average Bonchev–Trinajstić information content (AvgIpc) is 2.90. The Labute approximate surface area is 121 Å². The van der Waals surface area contributed by atoms with Crippen LogP contribution in [0.5, 0.6) is 0 Å². The van der Waals surface area contributed by atoms with Crippen molar-refractivity contribution in [3.8, 4) is 0 Å². The van der Waals surface area contributed by atoms with Gasteiger partial charge in [-0.15, -0.1) is 16.9 Å². The van der Waals surface area contributed by atoms with E-state index in [2.05, 4.69) is 22.7 Å². The normalized spacial score (nSPS) is 12.6. The largest absolute Gasteiger partial charge is 0.271 e. The Kier molecular flexibility index (Phi) is 5.51. The lowest BCUT2D eigenvalue weighted by Gasteiger charge is -2.16. The van der Waals surface area contributed by atoms with Crippen LogP contribution in [0, 0.1) is 5.82 Å². The quantitative estimate of drug-likeness (QED) is 0.465. The first-order valence-electron chi connectivity index (χ1n) is 6.48. The number of thioether (sulfide) groups is 1. The van der Waals surface area contributed by atoms with Crippen LogP contribution in [0.4, 0.5) is 4.39 Å². The number of hydrogen-bond acceptors (Lipinski definition) is 5. The summed E-state index contributed by atoms with van der Waals surface area (Å²) in [6, 6.07) is 6.59. The summed E-state index contributed by atoms with van der Waals surface area (Å²) in [5.41, 5.74) is 3.66. The van der Waals surface area contributed by atoms with Crippen molar-refractivity contribution < 1.29 is 4.39 Å². The lowest BCUT2D eigenvalue weighted by Crippen LogP contribution is -2.31. The van der Waals surface area contributed by atoms with Gasteiger partial charge in [0.15, 0.2) is 0 Å². The predicted molar refractivity (Wildman–Crippen MR) is 77.5 cm³/mol. The molecule has 1 atom stereocenters. The zero-order chi connectivity index (χ0) is 14.4. The van der Waals surface area contributed by atoms with E-state index in [9.17, 15) is 4.39 Å². The molecule has 1 unspecified atom stereocenters. The molecule has 7 heteroatoms. The summed E-state index contributed by atoms with van der Waals surface area (Å²) in [5.74, 6) is 6.00. The zero-order valence-corrected chi connectivity index (χ0v) is 12.1. The van der Waals surface area contributed by atoms with Crippen molar-refractivity contribution in [1.29, 1.82) is 0 Å². The minimum atomic E-state index is -0.214. The van der Waals surface area contributed by atoms with Crippen LogP contribution >= 0.6 is 11.8 Å². The van der Waals surface area contributed by atoms with E-state index in [1.54, 1.807) is 18.3 Å². The van der Waals surface area contributed by atoms with Crippen molar-refractivity contribution in [3.05, 3.63) is 42.0 Å². The van der Waals surface area contributed by atoms with Crippen molar-refractivity contribution >= 4 is 11.8 Å². The molecule has 0 aliphatic carbocycles. The molecule has 2 rings (SSSR count). The van der Waals surface area contributed by atoms with Gasteiger partial charge < -0.3 is 0 Å². The van der Waals surface area contributed by atoms with E-state index in [1.807, 2.05) is 10.7 Å². The molecule has 0 radical (unpaired) electrons. The minimum absolute atomic E-state index is 0.124. The SMILES string of the molecule is CCCn1nncc1C(CSc1ccccc1F)NN. The second-order valence-corrected chi connectivity index (χ2v) is 5.40. The van der Waals surface area contributed by atoms with Gasteiger partial charge in [-0.2, -0.15) is 0 Å². The zero-order valence-electron chi connectivity index (χ0n) is 11.3. The number of aryl methyl sites for hydroxylation is 1. The highest BCUT2D eigenvalue weighted by molar-refractivity contribution is 7.99. The highest BCUT2D eigenvalue weighted by Crippen LogP contribution is 2.26. The molecule has 0 bridgehead atoms. The average molecular weight is 295 g/mol. The number of halogens is 1. The lowest BCUT2D eigenvalue weighted by molar-refractivity contribution is 0.501. The molecule has 5 nitrogen and oxygen atoms in total. The number of hydrogen-bond donors (Lipinski definition) is 2. The summed E-state index contributed by atoms with van der Waals surface area (Å²) < 4.78 is 15.4. The minimum Gasteiger partial charge on any atom is -0.271 e. The molecular weight excluding hydrogens is 277 g/mol. The Morgan fingerprint density at radius 2 is 2.25 bits per heavy atom. The molecule has 3 N–H and O–H groups in total. The number of aromatic nitrogens is 3. The van der Waals surface area contributed by atoms with Crippen molar-refractivity contribution in [1.82, 2.24) is 20.4 Å². The number of benzene rings is 1. The number of nitrogens with zero attached hydrogens (tertiary/aromatic N) is 3. The molecule has 0 spiro atoms. The molecule has 0 fully saturated rings. The Hall–Kier alpha value is -1.44. The number of hydrazine groups is 1. The topological polar surface area (TPSA) is 68.8 Å². The second-order valence-electron chi connectivity index (χ2n) is 4.34. The van der Waals surface area contributed by atoms with Gasteiger partial charge in [0.25, 0.3) is 0 Å². The van der Waals surface area contributed by atoms with Crippen LogP contribution in [0.25, 0.3) is 0 Å². The summed E-state index contributed by atoms with van der Waals surface area (Å²) in [4.78, 5) is 0.613. The first-order valence-corrected chi connectivity index (χ1v) is 7.46. The maximum absolute atomic E-state index is 13.6. The Bertz CT molecular complexity index is 545. The fourth-order valence-corrected chi connectivity index (χ4v) is 2.87. The van der Waals surface area contributed by atoms with Crippen LogP contribution in [0.2, 0.25) is 0 Å². The van der Waals surface area contributed by atoms with Crippen LogP contribution in [0.1, 0.15) is 25.1 Å². The van der Waals surface area contributed by atoms with Gasteiger partial charge in [-0.25, -0.2) is 9.07 Å². The molecule has 0 amide bonds. The van der Waals surface area contributed by atoms with E-state index in [4.69, 9.17) is 5.84 Å². The fourth-order valence-electron chi connectivity index (χ4n) is 1.87. The second kappa shape index (κ2) is 7.37. The third kappa shape index (κ3) is 3.56. The molecule has 0 aliphatic heterocycles. The van der Waals surface area contributed by atoms with Gasteiger partial charge >= 0.3 is 0 Å². The number of rotatable bonds is 7. The Morgan fingerprint density at radius 1 is 1.45 bits per heavy atom. The maximum atomic E-state index is 13.6. The van der Waals surface area contributed by atoms with Crippen molar-refractivity contribution in [2.45, 2.75) is 30.8 Å². The Morgan fingerprint density at radius 3 is 2.95 bits per heavy atom. The van der Waals surface area contributed by atoms with Crippen molar-refractivity contribution in [2.24, 2.45) is 5.84 Å². The molecule has 1 aromatic carbocycles. The highest BCUT2D eigenvalue weighted by atomic mass is 32.2. The first kappa shape index (κ1) is 15.0. The van der Waals surface area contributed by atoms with E-state index < -0.39 is 0 Å². The third-order valence-corrected chi connectivity index (χ3v) is 4.03. The smallest absolute Gasteiger partial charge is 0.136 e. The molecule has 20 heavy (non-hydrogen) atoms. The van der Waals surface area contributed by atoms with E-state index in [0.717, 1.165) is 18.7 Å². The highest BCUT2D eigenvalue weighted by Gasteiger charge is 2.16. The van der Waals surface area contributed by atoms with Crippen LogP contribution in [0.15, 0.2) is 35.4 Å². The van der Waals surface area contributed by atoms with Crippen LogP contribution in [-0.4, -0.2) is 20.7 Å². The standard InChI is InChI=1S/C13H18FN5S/c1-2-7-19-12(8-16-18-19)11(17-15)9-20-13-6-4-3-5-10(13)14/h3-6,8,11,17H,2,7,9,15H2,1H3. The third-order valence-electron chi connectivity index (χ3n) is 2.88. The summed E-state index contributed by atoms with van der Waals surface area (Å²) in [6.45, 7) is 2.86.